The lowest BCUT2D eigenvalue weighted by Gasteiger charge is -2.20. The van der Waals surface area contributed by atoms with Gasteiger partial charge in [-0.25, -0.2) is 8.78 Å². The minimum atomic E-state index is -0.433. The summed E-state index contributed by atoms with van der Waals surface area (Å²) in [6.45, 7) is 3.78. The van der Waals surface area contributed by atoms with E-state index in [1.165, 1.54) is 17.4 Å². The van der Waals surface area contributed by atoms with Crippen molar-refractivity contribution in [3.8, 4) is 0 Å². The van der Waals surface area contributed by atoms with E-state index in [9.17, 15) is 8.78 Å². The van der Waals surface area contributed by atoms with Crippen molar-refractivity contribution in [3.63, 3.8) is 0 Å². The quantitative estimate of drug-likeness (QED) is 0.829. The molecule has 0 aliphatic rings. The molecular formula is C14H14ClF2NS. The Balaban J connectivity index is 2.12. The first-order valence-electron chi connectivity index (χ1n) is 5.93. The lowest BCUT2D eigenvalue weighted by atomic mass is 10.1. The van der Waals surface area contributed by atoms with Crippen LogP contribution in [0.15, 0.2) is 30.3 Å². The number of halogens is 3. The molecule has 1 aromatic heterocycles. The van der Waals surface area contributed by atoms with E-state index >= 15 is 0 Å². The molecular weight excluding hydrogens is 288 g/mol. The summed E-state index contributed by atoms with van der Waals surface area (Å²) in [5, 5.41) is 3.24. The highest BCUT2D eigenvalue weighted by molar-refractivity contribution is 7.16. The van der Waals surface area contributed by atoms with Crippen molar-refractivity contribution < 1.29 is 8.78 Å². The first kappa shape index (κ1) is 14.4. The molecule has 0 spiro atoms. The van der Waals surface area contributed by atoms with Crippen molar-refractivity contribution >= 4 is 22.9 Å². The maximum absolute atomic E-state index is 13.7. The summed E-state index contributed by atoms with van der Waals surface area (Å²) in [6, 6.07) is 6.98. The van der Waals surface area contributed by atoms with Gasteiger partial charge in [0, 0.05) is 22.5 Å². The molecule has 1 aromatic carbocycles. The third-order valence-corrected chi connectivity index (χ3v) is 4.36. The van der Waals surface area contributed by atoms with Crippen LogP contribution in [0.25, 0.3) is 0 Å². The summed E-state index contributed by atoms with van der Waals surface area (Å²) >= 11 is 7.36. The molecule has 0 aliphatic carbocycles. The van der Waals surface area contributed by atoms with Crippen LogP contribution < -0.4 is 5.32 Å². The summed E-state index contributed by atoms with van der Waals surface area (Å²) in [6.07, 6.45) is 0. The van der Waals surface area contributed by atoms with E-state index in [0.29, 0.717) is 9.90 Å². The van der Waals surface area contributed by atoms with Gasteiger partial charge in [-0.2, -0.15) is 0 Å². The van der Waals surface area contributed by atoms with Gasteiger partial charge in [0.05, 0.1) is 4.34 Å². The zero-order chi connectivity index (χ0) is 14.0. The van der Waals surface area contributed by atoms with Gasteiger partial charge in [-0.05, 0) is 44.2 Å². The highest BCUT2D eigenvalue weighted by Crippen LogP contribution is 2.29. The molecule has 19 heavy (non-hydrogen) atoms. The van der Waals surface area contributed by atoms with Gasteiger partial charge < -0.3 is 5.32 Å². The van der Waals surface area contributed by atoms with Crippen molar-refractivity contribution in [2.75, 3.05) is 0 Å². The fraction of sp³-hybridized carbons (Fsp3) is 0.286. The monoisotopic (exact) mass is 301 g/mol. The van der Waals surface area contributed by atoms with Crippen LogP contribution in [0.5, 0.6) is 0 Å². The SMILES string of the molecule is CC(NC(C)c1cc(F)ccc1F)c1ccc(Cl)s1. The second kappa shape index (κ2) is 5.99. The standard InChI is InChI=1S/C14H14ClF2NS/c1-8(11-7-10(16)3-4-12(11)17)18-9(2)13-5-6-14(15)19-13/h3-9,18H,1-2H3. The molecule has 1 N–H and O–H groups in total. The van der Waals surface area contributed by atoms with Crippen molar-refractivity contribution in [3.05, 3.63) is 56.7 Å². The van der Waals surface area contributed by atoms with Crippen molar-refractivity contribution in [2.45, 2.75) is 25.9 Å². The molecule has 0 bridgehead atoms. The van der Waals surface area contributed by atoms with Crippen LogP contribution in [-0.2, 0) is 0 Å². The van der Waals surface area contributed by atoms with Crippen molar-refractivity contribution in [1.82, 2.24) is 5.32 Å². The third-order valence-electron chi connectivity index (χ3n) is 2.95. The molecule has 2 rings (SSSR count). The van der Waals surface area contributed by atoms with Crippen LogP contribution in [0.1, 0.15) is 36.4 Å². The van der Waals surface area contributed by atoms with Crippen LogP contribution >= 0.6 is 22.9 Å². The lowest BCUT2D eigenvalue weighted by Crippen LogP contribution is -2.22. The van der Waals surface area contributed by atoms with E-state index in [2.05, 4.69) is 5.32 Å². The average molecular weight is 302 g/mol. The topological polar surface area (TPSA) is 12.0 Å². The fourth-order valence-corrected chi connectivity index (χ4v) is 3.03. The Morgan fingerprint density at radius 1 is 1.11 bits per heavy atom. The van der Waals surface area contributed by atoms with Crippen molar-refractivity contribution in [2.24, 2.45) is 0 Å². The Hall–Kier alpha value is -0.970. The Labute approximate surface area is 120 Å². The van der Waals surface area contributed by atoms with Crippen LogP contribution in [0.2, 0.25) is 4.34 Å². The fourth-order valence-electron chi connectivity index (χ4n) is 1.95. The van der Waals surface area contributed by atoms with Crippen LogP contribution in [0, 0.1) is 11.6 Å². The minimum Gasteiger partial charge on any atom is -0.303 e. The van der Waals surface area contributed by atoms with Gasteiger partial charge in [-0.3, -0.25) is 0 Å². The van der Waals surface area contributed by atoms with E-state index in [0.717, 1.165) is 17.0 Å². The van der Waals surface area contributed by atoms with Crippen LogP contribution in [0.4, 0.5) is 8.78 Å². The van der Waals surface area contributed by atoms with Gasteiger partial charge >= 0.3 is 0 Å². The molecule has 2 unspecified atom stereocenters. The third kappa shape index (κ3) is 3.53. The number of nitrogens with one attached hydrogen (secondary N) is 1. The molecule has 0 amide bonds. The number of rotatable bonds is 4. The maximum atomic E-state index is 13.7. The van der Waals surface area contributed by atoms with Gasteiger partial charge in [0.25, 0.3) is 0 Å². The molecule has 0 aliphatic heterocycles. The number of benzene rings is 1. The number of hydrogen-bond acceptors (Lipinski definition) is 2. The van der Waals surface area contributed by atoms with E-state index in [4.69, 9.17) is 11.6 Å². The molecule has 1 nitrogen and oxygen atoms in total. The summed E-state index contributed by atoms with van der Waals surface area (Å²) in [4.78, 5) is 1.06. The first-order chi connectivity index (χ1) is 8.97. The van der Waals surface area contributed by atoms with E-state index in [-0.39, 0.29) is 12.1 Å². The van der Waals surface area contributed by atoms with E-state index in [1.807, 2.05) is 26.0 Å². The van der Waals surface area contributed by atoms with Crippen LogP contribution in [0.3, 0.4) is 0 Å². The van der Waals surface area contributed by atoms with Crippen molar-refractivity contribution in [1.29, 1.82) is 0 Å². The first-order valence-corrected chi connectivity index (χ1v) is 7.13. The molecule has 0 saturated carbocycles. The highest BCUT2D eigenvalue weighted by Gasteiger charge is 2.16. The number of thiophene rings is 1. The van der Waals surface area contributed by atoms with Gasteiger partial charge in [-0.1, -0.05) is 11.6 Å². The summed E-state index contributed by atoms with van der Waals surface area (Å²) in [5.74, 6) is -0.838. The minimum absolute atomic E-state index is 0.0233. The molecule has 102 valence electrons. The zero-order valence-electron chi connectivity index (χ0n) is 10.6. The Kier molecular flexibility index (Phi) is 4.55. The predicted octanol–water partition coefficient (Wildman–Crippen LogP) is 5.09. The zero-order valence-corrected chi connectivity index (χ0v) is 12.2. The molecule has 1 heterocycles. The smallest absolute Gasteiger partial charge is 0.128 e. The molecule has 5 heteroatoms. The van der Waals surface area contributed by atoms with Gasteiger partial charge in [-0.15, -0.1) is 11.3 Å². The Morgan fingerprint density at radius 3 is 2.47 bits per heavy atom. The second-order valence-electron chi connectivity index (χ2n) is 4.42. The van der Waals surface area contributed by atoms with E-state index < -0.39 is 11.6 Å². The molecule has 0 radical (unpaired) electrons. The van der Waals surface area contributed by atoms with Gasteiger partial charge in [0.1, 0.15) is 11.6 Å². The number of hydrogen-bond donors (Lipinski definition) is 1. The van der Waals surface area contributed by atoms with Crippen LogP contribution in [-0.4, -0.2) is 0 Å². The molecule has 0 fully saturated rings. The molecule has 2 aromatic rings. The van der Waals surface area contributed by atoms with Gasteiger partial charge in [0.15, 0.2) is 0 Å². The Bertz CT molecular complexity index is 570. The average Bonchev–Trinajstić information content (AvgIpc) is 2.79. The van der Waals surface area contributed by atoms with Gasteiger partial charge in [0.2, 0.25) is 0 Å². The molecule has 0 saturated heterocycles. The second-order valence-corrected chi connectivity index (χ2v) is 6.16. The summed E-state index contributed by atoms with van der Waals surface area (Å²) < 4.78 is 27.5. The summed E-state index contributed by atoms with van der Waals surface area (Å²) in [7, 11) is 0. The predicted molar refractivity (Wildman–Crippen MR) is 75.7 cm³/mol. The summed E-state index contributed by atoms with van der Waals surface area (Å²) in [5.41, 5.74) is 0.328. The normalized spacial score (nSPS) is 14.4. The molecule has 2 atom stereocenters. The lowest BCUT2D eigenvalue weighted by molar-refractivity contribution is 0.473. The largest absolute Gasteiger partial charge is 0.303 e. The maximum Gasteiger partial charge on any atom is 0.128 e. The van der Waals surface area contributed by atoms with E-state index in [1.54, 1.807) is 0 Å². The Morgan fingerprint density at radius 2 is 1.84 bits per heavy atom. The highest BCUT2D eigenvalue weighted by atomic mass is 35.5.